The van der Waals surface area contributed by atoms with Gasteiger partial charge in [-0.25, -0.2) is 22.7 Å². The monoisotopic (exact) mass is 818 g/mol. The summed E-state index contributed by atoms with van der Waals surface area (Å²) in [6.07, 6.45) is 7.16. The highest BCUT2D eigenvalue weighted by molar-refractivity contribution is 7.90. The van der Waals surface area contributed by atoms with Gasteiger partial charge < -0.3 is 35.2 Å². The fourth-order valence-electron chi connectivity index (χ4n) is 8.71. The summed E-state index contributed by atoms with van der Waals surface area (Å²) in [5, 5.41) is 8.76. The minimum Gasteiger partial charge on any atom is -0.446 e. The molecule has 3 heterocycles. The minimum atomic E-state index is -4.39. The number of carbonyl (C=O) groups excluding carboxylic acids is 5. The molecule has 1 spiro atoms. The highest BCUT2D eigenvalue weighted by Crippen LogP contribution is 2.45. The molecule has 16 heteroatoms. The molecule has 58 heavy (non-hydrogen) atoms. The van der Waals surface area contributed by atoms with E-state index in [4.69, 9.17) is 9.47 Å². The second-order valence-electron chi connectivity index (χ2n) is 16.1. The van der Waals surface area contributed by atoms with Crippen LogP contribution in [-0.2, 0) is 46.8 Å². The molecule has 0 unspecified atom stereocenters. The van der Waals surface area contributed by atoms with Gasteiger partial charge in [-0.2, -0.15) is 0 Å². The van der Waals surface area contributed by atoms with E-state index in [1.165, 1.54) is 17.0 Å². The SMILES string of the molecule is C=C[C@@H]1C[C@@]12NC(=O)[C@@H]1C[C@@H](OC(=O)N3CCc4ccccc4C3)CN1C(=O)[C@@H](NC(=O)OC1CCCC1)CCCCCCCNc1ccccc1S(=O)(=O)NC2=O. The number of anilines is 1. The molecule has 312 valence electrons. The van der Waals surface area contributed by atoms with Crippen LogP contribution in [0.25, 0.3) is 0 Å². The Morgan fingerprint density at radius 1 is 0.879 bits per heavy atom. The Bertz CT molecular complexity index is 2000. The van der Waals surface area contributed by atoms with Gasteiger partial charge in [0, 0.05) is 32.0 Å². The minimum absolute atomic E-state index is 0.0796. The molecule has 5 aliphatic rings. The van der Waals surface area contributed by atoms with Crippen LogP contribution < -0.4 is 20.7 Å². The number of nitrogens with one attached hydrogen (secondary N) is 4. The number of amides is 5. The Balaban J connectivity index is 1.15. The van der Waals surface area contributed by atoms with E-state index < -0.39 is 69.6 Å². The molecule has 15 nitrogen and oxygen atoms in total. The molecule has 2 aromatic carbocycles. The van der Waals surface area contributed by atoms with Gasteiger partial charge in [-0.15, -0.1) is 6.58 Å². The predicted octanol–water partition coefficient (Wildman–Crippen LogP) is 4.52. The van der Waals surface area contributed by atoms with Crippen LogP contribution >= 0.6 is 0 Å². The van der Waals surface area contributed by atoms with Crippen molar-refractivity contribution in [3.63, 3.8) is 0 Å². The highest BCUT2D eigenvalue weighted by atomic mass is 32.2. The average molecular weight is 819 g/mol. The van der Waals surface area contributed by atoms with Crippen LogP contribution in [0.4, 0.5) is 15.3 Å². The summed E-state index contributed by atoms with van der Waals surface area (Å²) in [4.78, 5) is 72.6. The Kier molecular flexibility index (Phi) is 12.6. The van der Waals surface area contributed by atoms with E-state index in [-0.39, 0.29) is 36.8 Å². The molecule has 5 amide bonds. The van der Waals surface area contributed by atoms with Crippen LogP contribution in [0, 0.1) is 5.92 Å². The zero-order valence-corrected chi connectivity index (χ0v) is 33.6. The normalized spacial score (nSPS) is 28.1. The van der Waals surface area contributed by atoms with Gasteiger partial charge in [0.05, 0.1) is 12.2 Å². The van der Waals surface area contributed by atoms with Gasteiger partial charge in [-0.05, 0) is 74.6 Å². The van der Waals surface area contributed by atoms with Gasteiger partial charge >= 0.3 is 12.2 Å². The summed E-state index contributed by atoms with van der Waals surface area (Å²) >= 11 is 0. The van der Waals surface area contributed by atoms with Crippen molar-refractivity contribution in [3.05, 3.63) is 72.3 Å². The first-order valence-corrected chi connectivity index (χ1v) is 22.1. The van der Waals surface area contributed by atoms with Gasteiger partial charge in [0.2, 0.25) is 11.8 Å². The van der Waals surface area contributed by atoms with Crippen molar-refractivity contribution in [2.45, 2.75) is 125 Å². The zero-order chi connectivity index (χ0) is 40.9. The molecule has 0 aromatic heterocycles. The van der Waals surface area contributed by atoms with Crippen molar-refractivity contribution < 1.29 is 41.9 Å². The molecular weight excluding hydrogens is 765 g/mol. The third-order valence-electron chi connectivity index (χ3n) is 12.1. The van der Waals surface area contributed by atoms with Gasteiger partial charge in [0.25, 0.3) is 15.9 Å². The molecule has 2 aliphatic carbocycles. The van der Waals surface area contributed by atoms with Crippen molar-refractivity contribution in [2.75, 3.05) is 25.0 Å². The Labute approximate surface area is 339 Å². The number of benzene rings is 2. The van der Waals surface area contributed by atoms with Crippen molar-refractivity contribution >= 4 is 45.6 Å². The standard InChI is InChI=1S/C42H54N6O9S/c1-2-30-25-42(30)39(51)46-58(54,55)36-20-12-11-18-33(36)43-22-13-5-3-4-6-19-34(44-40(52)56-31-16-9-10-17-31)38(50)48-27-32(24-35(48)37(49)45-42)57-41(53)47-23-21-28-14-7-8-15-29(28)26-47/h2,7-8,11-12,14-15,18,20,30-32,34-35,43H,1,3-6,9-10,13,16-17,19,21-27H2,(H,44,52)(H,45,49)(H,46,51)/t30-,32-,34+,35+,42-/m1/s1. The fraction of sp³-hybridized carbons (Fsp3) is 0.548. The van der Waals surface area contributed by atoms with Gasteiger partial charge in [-0.1, -0.05) is 68.2 Å². The first kappa shape index (κ1) is 41.1. The fourth-order valence-corrected chi connectivity index (χ4v) is 9.94. The maximum Gasteiger partial charge on any atom is 0.410 e. The summed E-state index contributed by atoms with van der Waals surface area (Å²) < 4.78 is 41.3. The van der Waals surface area contributed by atoms with E-state index in [0.717, 1.165) is 62.5 Å². The smallest absolute Gasteiger partial charge is 0.410 e. The molecule has 1 saturated heterocycles. The molecule has 7 rings (SSSR count). The first-order valence-electron chi connectivity index (χ1n) is 20.6. The topological polar surface area (TPSA) is 193 Å². The quantitative estimate of drug-likeness (QED) is 0.319. The lowest BCUT2D eigenvalue weighted by atomic mass is 10.0. The lowest BCUT2D eigenvalue weighted by Crippen LogP contribution is -2.58. The molecule has 5 atom stereocenters. The number of para-hydroxylation sites is 1. The molecule has 2 saturated carbocycles. The number of ether oxygens (including phenoxy) is 2. The molecule has 4 N–H and O–H groups in total. The number of rotatable bonds is 4. The number of sulfonamides is 1. The molecule has 3 fully saturated rings. The molecule has 2 aromatic rings. The van der Waals surface area contributed by atoms with Crippen LogP contribution in [0.3, 0.4) is 0 Å². The van der Waals surface area contributed by atoms with Crippen molar-refractivity contribution in [3.8, 4) is 0 Å². The first-order chi connectivity index (χ1) is 28.0. The van der Waals surface area contributed by atoms with Gasteiger partial charge in [0.1, 0.15) is 34.7 Å². The summed E-state index contributed by atoms with van der Waals surface area (Å²) in [5.74, 6) is -2.80. The number of hydrogen-bond acceptors (Lipinski definition) is 10. The van der Waals surface area contributed by atoms with Crippen LogP contribution in [0.15, 0.2) is 66.1 Å². The Morgan fingerprint density at radius 2 is 1.59 bits per heavy atom. The van der Waals surface area contributed by atoms with Crippen molar-refractivity contribution in [1.82, 2.24) is 25.2 Å². The largest absolute Gasteiger partial charge is 0.446 e. The van der Waals surface area contributed by atoms with E-state index in [2.05, 4.69) is 27.3 Å². The lowest BCUT2D eigenvalue weighted by molar-refractivity contribution is -0.141. The predicted molar refractivity (Wildman–Crippen MR) is 214 cm³/mol. The molecule has 0 bridgehead atoms. The molecule has 0 radical (unpaired) electrons. The van der Waals surface area contributed by atoms with E-state index in [0.29, 0.717) is 38.2 Å². The summed E-state index contributed by atoms with van der Waals surface area (Å²) in [5.41, 5.74) is 0.850. The lowest BCUT2D eigenvalue weighted by Gasteiger charge is -2.30. The Hall–Kier alpha value is -5.12. The van der Waals surface area contributed by atoms with Gasteiger partial charge in [0.15, 0.2) is 0 Å². The van der Waals surface area contributed by atoms with Gasteiger partial charge in [-0.3, -0.25) is 14.4 Å². The van der Waals surface area contributed by atoms with Crippen molar-refractivity contribution in [2.24, 2.45) is 5.92 Å². The zero-order valence-electron chi connectivity index (χ0n) is 32.8. The van der Waals surface area contributed by atoms with E-state index >= 15 is 0 Å². The third kappa shape index (κ3) is 9.27. The maximum atomic E-state index is 14.6. The van der Waals surface area contributed by atoms with E-state index in [9.17, 15) is 32.4 Å². The van der Waals surface area contributed by atoms with Crippen LogP contribution in [0.2, 0.25) is 0 Å². The summed E-state index contributed by atoms with van der Waals surface area (Å²) in [6.45, 7) is 4.95. The Morgan fingerprint density at radius 3 is 2.36 bits per heavy atom. The second-order valence-corrected chi connectivity index (χ2v) is 17.8. The summed E-state index contributed by atoms with van der Waals surface area (Å²) in [6, 6.07) is 11.9. The number of fused-ring (bicyclic) bond motifs is 3. The summed E-state index contributed by atoms with van der Waals surface area (Å²) in [7, 11) is -4.39. The molecule has 3 aliphatic heterocycles. The van der Waals surface area contributed by atoms with Crippen molar-refractivity contribution in [1.29, 1.82) is 0 Å². The second kappa shape index (κ2) is 17.8. The highest BCUT2D eigenvalue weighted by Gasteiger charge is 2.61. The van der Waals surface area contributed by atoms with E-state index in [1.54, 1.807) is 23.1 Å². The third-order valence-corrected chi connectivity index (χ3v) is 13.5. The maximum absolute atomic E-state index is 14.6. The van der Waals surface area contributed by atoms with Crippen LogP contribution in [0.5, 0.6) is 0 Å². The number of alkyl carbamates (subject to hydrolysis) is 1. The van der Waals surface area contributed by atoms with Crippen LogP contribution in [0.1, 0.15) is 88.2 Å². The number of carbonyl (C=O) groups is 5. The van der Waals surface area contributed by atoms with Crippen LogP contribution in [-0.4, -0.2) is 97.6 Å². The number of nitrogens with zero attached hydrogens (tertiary/aromatic N) is 2. The average Bonchev–Trinajstić information content (AvgIpc) is 3.46. The van der Waals surface area contributed by atoms with E-state index in [1.807, 2.05) is 24.3 Å². The molecular formula is C42H54N6O9S. The number of hydrogen-bond donors (Lipinski definition) is 4.